The van der Waals surface area contributed by atoms with Gasteiger partial charge in [-0.2, -0.15) is 0 Å². The molecule has 0 atom stereocenters. The molecule has 2 rings (SSSR count). The molecule has 0 aliphatic heterocycles. The first-order valence-electron chi connectivity index (χ1n) is 7.04. The number of carbonyl (C=O) groups is 1. The molecule has 1 aromatic rings. The highest BCUT2D eigenvalue weighted by molar-refractivity contribution is 6.31. The lowest BCUT2D eigenvalue weighted by Crippen LogP contribution is -2.34. The molecular weight excluding hydrogens is 258 g/mol. The van der Waals surface area contributed by atoms with E-state index >= 15 is 0 Å². The minimum absolute atomic E-state index is 0.0818. The van der Waals surface area contributed by atoms with Crippen LogP contribution in [0.25, 0.3) is 0 Å². The maximum absolute atomic E-state index is 11.7. The first-order chi connectivity index (χ1) is 9.00. The standard InChI is InChI=1S/C16H22ClNO/c1-11-15(12(2)19)9-13(17)10-16(11)18(3)14-7-5-4-6-8-14/h9-10,14H,4-8H2,1-3H3. The van der Waals surface area contributed by atoms with Crippen molar-refractivity contribution in [1.82, 2.24) is 0 Å². The molecule has 0 N–H and O–H groups in total. The van der Waals surface area contributed by atoms with Gasteiger partial charge in [0.2, 0.25) is 0 Å². The molecule has 0 bridgehead atoms. The van der Waals surface area contributed by atoms with Crippen molar-refractivity contribution in [3.8, 4) is 0 Å². The van der Waals surface area contributed by atoms with Crippen molar-refractivity contribution < 1.29 is 4.79 Å². The molecular formula is C16H22ClNO. The van der Waals surface area contributed by atoms with Crippen LogP contribution in [0.5, 0.6) is 0 Å². The van der Waals surface area contributed by atoms with Crippen LogP contribution in [0.1, 0.15) is 54.9 Å². The topological polar surface area (TPSA) is 20.3 Å². The smallest absolute Gasteiger partial charge is 0.160 e. The predicted octanol–water partition coefficient (Wildman–Crippen LogP) is 4.62. The molecule has 2 nitrogen and oxygen atoms in total. The molecule has 1 aliphatic carbocycles. The fourth-order valence-corrected chi connectivity index (χ4v) is 3.27. The quantitative estimate of drug-likeness (QED) is 0.753. The molecule has 0 aromatic heterocycles. The lowest BCUT2D eigenvalue weighted by Gasteiger charge is -2.34. The summed E-state index contributed by atoms with van der Waals surface area (Å²) in [5.41, 5.74) is 2.89. The number of carbonyl (C=O) groups excluding carboxylic acids is 1. The minimum Gasteiger partial charge on any atom is -0.371 e. The summed E-state index contributed by atoms with van der Waals surface area (Å²) < 4.78 is 0. The van der Waals surface area contributed by atoms with Crippen LogP contribution in [0.2, 0.25) is 5.02 Å². The second-order valence-corrected chi connectivity index (χ2v) is 5.99. The highest BCUT2D eigenvalue weighted by Crippen LogP contribution is 2.32. The van der Waals surface area contributed by atoms with Crippen LogP contribution in [-0.4, -0.2) is 18.9 Å². The Labute approximate surface area is 120 Å². The van der Waals surface area contributed by atoms with E-state index in [0.717, 1.165) is 16.8 Å². The van der Waals surface area contributed by atoms with Crippen molar-refractivity contribution in [1.29, 1.82) is 0 Å². The average Bonchev–Trinajstić information content (AvgIpc) is 2.41. The third-order valence-corrected chi connectivity index (χ3v) is 4.44. The zero-order chi connectivity index (χ0) is 14.0. The van der Waals surface area contributed by atoms with Gasteiger partial charge in [0.25, 0.3) is 0 Å². The lowest BCUT2D eigenvalue weighted by molar-refractivity contribution is 0.101. The van der Waals surface area contributed by atoms with Crippen LogP contribution in [0.3, 0.4) is 0 Å². The van der Waals surface area contributed by atoms with Crippen molar-refractivity contribution in [2.75, 3.05) is 11.9 Å². The lowest BCUT2D eigenvalue weighted by atomic mass is 9.93. The average molecular weight is 280 g/mol. The number of anilines is 1. The van der Waals surface area contributed by atoms with E-state index in [-0.39, 0.29) is 5.78 Å². The van der Waals surface area contributed by atoms with Gasteiger partial charge in [0.15, 0.2) is 5.78 Å². The zero-order valence-electron chi connectivity index (χ0n) is 12.0. The first-order valence-corrected chi connectivity index (χ1v) is 7.42. The van der Waals surface area contributed by atoms with Gasteiger partial charge in [0, 0.05) is 29.4 Å². The third-order valence-electron chi connectivity index (χ3n) is 4.23. The summed E-state index contributed by atoms with van der Waals surface area (Å²) in [6, 6.07) is 4.33. The Morgan fingerprint density at radius 2 is 1.89 bits per heavy atom. The molecule has 1 aromatic carbocycles. The van der Waals surface area contributed by atoms with E-state index in [9.17, 15) is 4.79 Å². The monoisotopic (exact) mass is 279 g/mol. The maximum Gasteiger partial charge on any atom is 0.160 e. The molecule has 3 heteroatoms. The van der Waals surface area contributed by atoms with Crippen LogP contribution in [0.15, 0.2) is 12.1 Å². The van der Waals surface area contributed by atoms with E-state index in [1.165, 1.54) is 32.1 Å². The molecule has 0 heterocycles. The van der Waals surface area contributed by atoms with Crippen molar-refractivity contribution in [2.24, 2.45) is 0 Å². The SMILES string of the molecule is CC(=O)c1cc(Cl)cc(N(C)C2CCCCC2)c1C. The number of benzene rings is 1. The molecule has 1 aliphatic rings. The molecule has 1 saturated carbocycles. The number of nitrogens with zero attached hydrogens (tertiary/aromatic N) is 1. The summed E-state index contributed by atoms with van der Waals surface area (Å²) in [6.07, 6.45) is 6.41. The summed E-state index contributed by atoms with van der Waals surface area (Å²) in [4.78, 5) is 14.0. The predicted molar refractivity (Wildman–Crippen MR) is 81.5 cm³/mol. The van der Waals surface area contributed by atoms with Crippen LogP contribution >= 0.6 is 11.6 Å². The first kappa shape index (κ1) is 14.4. The van der Waals surface area contributed by atoms with Gasteiger partial charge in [-0.25, -0.2) is 0 Å². The molecule has 0 radical (unpaired) electrons. The zero-order valence-corrected chi connectivity index (χ0v) is 12.8. The number of Topliss-reactive ketones (excluding diaryl/α,β-unsaturated/α-hetero) is 1. The second-order valence-electron chi connectivity index (χ2n) is 5.56. The molecule has 0 saturated heterocycles. The summed E-state index contributed by atoms with van der Waals surface area (Å²) in [7, 11) is 2.12. The van der Waals surface area contributed by atoms with Gasteiger partial charge in [0.1, 0.15) is 0 Å². The number of halogens is 1. The van der Waals surface area contributed by atoms with Gasteiger partial charge in [-0.3, -0.25) is 4.79 Å². The van der Waals surface area contributed by atoms with Gasteiger partial charge in [-0.1, -0.05) is 30.9 Å². The van der Waals surface area contributed by atoms with Gasteiger partial charge < -0.3 is 4.90 Å². The van der Waals surface area contributed by atoms with Gasteiger partial charge in [-0.05, 0) is 44.4 Å². The summed E-state index contributed by atoms with van der Waals surface area (Å²) in [5, 5.41) is 0.647. The van der Waals surface area contributed by atoms with E-state index in [2.05, 4.69) is 11.9 Å². The number of ketones is 1. The fourth-order valence-electron chi connectivity index (χ4n) is 3.06. The summed E-state index contributed by atoms with van der Waals surface area (Å²) >= 11 is 6.17. The van der Waals surface area contributed by atoms with E-state index < -0.39 is 0 Å². The Bertz CT molecular complexity index is 478. The Morgan fingerprint density at radius 3 is 2.47 bits per heavy atom. The molecule has 1 fully saturated rings. The van der Waals surface area contributed by atoms with E-state index in [1.54, 1.807) is 13.0 Å². The normalized spacial score (nSPS) is 16.4. The van der Waals surface area contributed by atoms with E-state index in [4.69, 9.17) is 11.6 Å². The highest BCUT2D eigenvalue weighted by atomic mass is 35.5. The van der Waals surface area contributed by atoms with E-state index in [0.29, 0.717) is 11.1 Å². The second kappa shape index (κ2) is 5.96. The van der Waals surface area contributed by atoms with Gasteiger partial charge in [-0.15, -0.1) is 0 Å². The van der Waals surface area contributed by atoms with Crippen LogP contribution < -0.4 is 4.90 Å². The van der Waals surface area contributed by atoms with Crippen molar-refractivity contribution >= 4 is 23.1 Å². The van der Waals surface area contributed by atoms with E-state index in [1.807, 2.05) is 13.0 Å². The number of hydrogen-bond acceptors (Lipinski definition) is 2. The number of hydrogen-bond donors (Lipinski definition) is 0. The highest BCUT2D eigenvalue weighted by Gasteiger charge is 2.21. The summed E-state index contributed by atoms with van der Waals surface area (Å²) in [6.45, 7) is 3.62. The van der Waals surface area contributed by atoms with Crippen LogP contribution in [0, 0.1) is 6.92 Å². The molecule has 0 unspecified atom stereocenters. The fraction of sp³-hybridized carbons (Fsp3) is 0.562. The van der Waals surface area contributed by atoms with Gasteiger partial charge >= 0.3 is 0 Å². The van der Waals surface area contributed by atoms with Gasteiger partial charge in [0.05, 0.1) is 0 Å². The minimum atomic E-state index is 0.0818. The van der Waals surface area contributed by atoms with Crippen molar-refractivity contribution in [3.05, 3.63) is 28.3 Å². The third kappa shape index (κ3) is 3.11. The van der Waals surface area contributed by atoms with Crippen LogP contribution in [-0.2, 0) is 0 Å². The largest absolute Gasteiger partial charge is 0.371 e. The van der Waals surface area contributed by atoms with Crippen LogP contribution in [0.4, 0.5) is 5.69 Å². The Hall–Kier alpha value is -1.02. The molecule has 104 valence electrons. The number of rotatable bonds is 3. The Morgan fingerprint density at radius 1 is 1.26 bits per heavy atom. The Kier molecular flexibility index (Phi) is 4.51. The molecule has 0 spiro atoms. The summed E-state index contributed by atoms with van der Waals surface area (Å²) in [5.74, 6) is 0.0818. The van der Waals surface area contributed by atoms with Crippen molar-refractivity contribution in [3.63, 3.8) is 0 Å². The van der Waals surface area contributed by atoms with Crippen molar-refractivity contribution in [2.45, 2.75) is 52.0 Å². The maximum atomic E-state index is 11.7. The molecule has 19 heavy (non-hydrogen) atoms. The Balaban J connectivity index is 2.35. The molecule has 0 amide bonds.